The number of ether oxygens (including phenoxy) is 1. The average Bonchev–Trinajstić information content (AvgIpc) is 3.07. The number of piperazine rings is 1. The average molecular weight is 603 g/mol. The van der Waals surface area contributed by atoms with Gasteiger partial charge in [-0.1, -0.05) is 72.8 Å². The van der Waals surface area contributed by atoms with Crippen molar-refractivity contribution in [2.75, 3.05) is 61.0 Å². The molecule has 5 aromatic rings. The summed E-state index contributed by atoms with van der Waals surface area (Å²) in [6.07, 6.45) is 0.469. The molecule has 1 fully saturated rings. The predicted molar refractivity (Wildman–Crippen MR) is 181 cm³/mol. The van der Waals surface area contributed by atoms with E-state index < -0.39 is 11.5 Å². The Kier molecular flexibility index (Phi) is 8.85. The molecule has 4 aromatic carbocycles. The molecular formula is C38H42N4O3. The molecular weight excluding hydrogens is 560 g/mol. The molecule has 1 aliphatic heterocycles. The van der Waals surface area contributed by atoms with E-state index in [9.17, 15) is 9.90 Å². The van der Waals surface area contributed by atoms with Gasteiger partial charge in [-0.05, 0) is 73.7 Å². The molecule has 232 valence electrons. The number of aliphatic hydroxyl groups is 1. The Morgan fingerprint density at radius 1 is 0.911 bits per heavy atom. The van der Waals surface area contributed by atoms with E-state index >= 15 is 0 Å². The van der Waals surface area contributed by atoms with Gasteiger partial charge in [-0.2, -0.15) is 0 Å². The second-order valence-electron chi connectivity index (χ2n) is 12.4. The monoisotopic (exact) mass is 602 g/mol. The van der Waals surface area contributed by atoms with Crippen LogP contribution in [0.3, 0.4) is 0 Å². The molecule has 2 unspecified atom stereocenters. The van der Waals surface area contributed by atoms with Crippen molar-refractivity contribution in [2.45, 2.75) is 17.9 Å². The minimum Gasteiger partial charge on any atom is -0.481 e. The second kappa shape index (κ2) is 13.0. The molecule has 7 heteroatoms. The van der Waals surface area contributed by atoms with Crippen LogP contribution in [0.2, 0.25) is 0 Å². The number of fused-ring (bicyclic) bond motifs is 2. The minimum atomic E-state index is -1.33. The third kappa shape index (κ3) is 6.16. The fourth-order valence-electron chi connectivity index (χ4n) is 6.66. The van der Waals surface area contributed by atoms with Gasteiger partial charge in [-0.25, -0.2) is 4.98 Å². The Hall–Kier alpha value is -4.30. The largest absolute Gasteiger partial charge is 0.481 e. The van der Waals surface area contributed by atoms with Crippen LogP contribution in [0.25, 0.3) is 21.7 Å². The van der Waals surface area contributed by atoms with Crippen LogP contribution < -0.4 is 4.74 Å². The van der Waals surface area contributed by atoms with Crippen molar-refractivity contribution in [3.63, 3.8) is 0 Å². The third-order valence-corrected chi connectivity index (χ3v) is 9.16. The number of hydrogen-bond acceptors (Lipinski definition) is 6. The van der Waals surface area contributed by atoms with Gasteiger partial charge < -0.3 is 24.5 Å². The molecule has 0 aliphatic carbocycles. The van der Waals surface area contributed by atoms with E-state index in [1.165, 1.54) is 0 Å². The highest BCUT2D eigenvalue weighted by atomic mass is 16.5. The highest BCUT2D eigenvalue weighted by Gasteiger charge is 2.43. The molecule has 2 heterocycles. The first kappa shape index (κ1) is 30.7. The van der Waals surface area contributed by atoms with E-state index in [1.807, 2.05) is 79.7 Å². The van der Waals surface area contributed by atoms with Gasteiger partial charge in [-0.15, -0.1) is 0 Å². The fraction of sp³-hybridized carbons (Fsp3) is 0.316. The summed E-state index contributed by atoms with van der Waals surface area (Å²) in [5, 5.41) is 16.2. The molecule has 1 saturated heterocycles. The maximum atomic E-state index is 13.5. The van der Waals surface area contributed by atoms with Crippen molar-refractivity contribution in [1.82, 2.24) is 19.7 Å². The number of carbonyl (C=O) groups is 1. The van der Waals surface area contributed by atoms with Gasteiger partial charge in [0, 0.05) is 55.2 Å². The molecule has 1 aromatic heterocycles. The maximum Gasteiger partial charge on any atom is 0.253 e. The predicted octanol–water partition coefficient (Wildman–Crippen LogP) is 5.76. The smallest absolute Gasteiger partial charge is 0.253 e. The highest BCUT2D eigenvalue weighted by molar-refractivity contribution is 5.98. The molecule has 0 radical (unpaired) electrons. The van der Waals surface area contributed by atoms with E-state index in [0.29, 0.717) is 37.5 Å². The van der Waals surface area contributed by atoms with Crippen molar-refractivity contribution in [1.29, 1.82) is 0 Å². The molecule has 6 rings (SSSR count). The molecule has 45 heavy (non-hydrogen) atoms. The minimum absolute atomic E-state index is 0.0280. The zero-order chi connectivity index (χ0) is 31.6. The van der Waals surface area contributed by atoms with Crippen LogP contribution in [0.15, 0.2) is 97.1 Å². The van der Waals surface area contributed by atoms with Gasteiger partial charge in [0.15, 0.2) is 0 Å². The third-order valence-electron chi connectivity index (χ3n) is 9.16. The van der Waals surface area contributed by atoms with Crippen molar-refractivity contribution >= 4 is 27.6 Å². The summed E-state index contributed by atoms with van der Waals surface area (Å²) in [4.78, 5) is 24.8. The van der Waals surface area contributed by atoms with Crippen molar-refractivity contribution in [3.8, 4) is 5.88 Å². The number of methoxy groups -OCH3 is 1. The zero-order valence-corrected chi connectivity index (χ0v) is 26.6. The fourth-order valence-corrected chi connectivity index (χ4v) is 6.66. The van der Waals surface area contributed by atoms with Crippen LogP contribution in [0.4, 0.5) is 0 Å². The topological polar surface area (TPSA) is 69.1 Å². The Morgan fingerprint density at radius 3 is 2.36 bits per heavy atom. The molecule has 1 amide bonds. The molecule has 1 aliphatic rings. The van der Waals surface area contributed by atoms with Crippen molar-refractivity contribution < 1.29 is 14.6 Å². The summed E-state index contributed by atoms with van der Waals surface area (Å²) in [7, 11) is 7.76. The lowest BCUT2D eigenvalue weighted by atomic mass is 9.70. The van der Waals surface area contributed by atoms with Crippen LogP contribution in [0.5, 0.6) is 5.88 Å². The van der Waals surface area contributed by atoms with Crippen LogP contribution in [0.1, 0.15) is 39.4 Å². The lowest BCUT2D eigenvalue weighted by Gasteiger charge is -2.39. The van der Waals surface area contributed by atoms with Gasteiger partial charge in [0.1, 0.15) is 5.60 Å². The summed E-state index contributed by atoms with van der Waals surface area (Å²) in [5.41, 5.74) is 2.63. The van der Waals surface area contributed by atoms with E-state index in [2.05, 4.69) is 53.2 Å². The number of nitrogens with zero attached hydrogens (tertiary/aromatic N) is 4. The molecule has 0 spiro atoms. The lowest BCUT2D eigenvalue weighted by Crippen LogP contribution is -2.47. The van der Waals surface area contributed by atoms with E-state index in [1.54, 1.807) is 7.11 Å². The van der Waals surface area contributed by atoms with Crippen LogP contribution in [-0.2, 0) is 5.60 Å². The number of amides is 1. The number of pyridine rings is 1. The first-order valence-corrected chi connectivity index (χ1v) is 15.7. The quantitative estimate of drug-likeness (QED) is 0.232. The van der Waals surface area contributed by atoms with Gasteiger partial charge in [-0.3, -0.25) is 4.79 Å². The summed E-state index contributed by atoms with van der Waals surface area (Å²) in [5.74, 6) is -0.0356. The number of rotatable bonds is 9. The SMILES string of the molecule is COc1nc2ccc(C(=O)N3CCN(C)CC3)cc2cc1C(c1ccccc1)C(O)(CCN(C)C)c1cccc2ccccc12. The van der Waals surface area contributed by atoms with Crippen LogP contribution in [-0.4, -0.2) is 91.7 Å². The number of likely N-dealkylation sites (N-methyl/N-ethyl adjacent to an activating group) is 1. The molecule has 2 atom stereocenters. The Balaban J connectivity index is 1.55. The zero-order valence-electron chi connectivity index (χ0n) is 26.6. The van der Waals surface area contributed by atoms with E-state index in [0.717, 1.165) is 51.5 Å². The molecule has 7 nitrogen and oxygen atoms in total. The van der Waals surface area contributed by atoms with Gasteiger partial charge in [0.25, 0.3) is 5.91 Å². The van der Waals surface area contributed by atoms with Crippen molar-refractivity contribution in [3.05, 3.63) is 119 Å². The second-order valence-corrected chi connectivity index (χ2v) is 12.4. The maximum absolute atomic E-state index is 13.5. The summed E-state index contributed by atoms with van der Waals surface area (Å²) in [6.45, 7) is 3.80. The number of benzene rings is 4. The standard InChI is InChI=1S/C38H42N4O3/c1-40(2)20-19-38(44,33-16-10-14-27-11-8-9-15-31(27)33)35(28-12-6-5-7-13-28)32-26-30-25-29(17-18-34(30)39-36(32)45-4)37(43)42-23-21-41(3)22-24-42/h5-18,25-26,35,44H,19-24H2,1-4H3. The molecule has 0 saturated carbocycles. The number of carbonyl (C=O) groups excluding carboxylic acids is 1. The Labute approximate surface area is 265 Å². The Morgan fingerprint density at radius 2 is 1.62 bits per heavy atom. The van der Waals surface area contributed by atoms with Crippen molar-refractivity contribution in [2.24, 2.45) is 0 Å². The Bertz CT molecular complexity index is 1790. The summed E-state index contributed by atoms with van der Waals surface area (Å²) in [6, 6.07) is 32.2. The normalized spacial score (nSPS) is 16.2. The summed E-state index contributed by atoms with van der Waals surface area (Å²) < 4.78 is 5.97. The van der Waals surface area contributed by atoms with Crippen LogP contribution in [0, 0.1) is 0 Å². The lowest BCUT2D eigenvalue weighted by molar-refractivity contribution is 0.00519. The summed E-state index contributed by atoms with van der Waals surface area (Å²) >= 11 is 0. The van der Waals surface area contributed by atoms with Gasteiger partial charge in [0.2, 0.25) is 5.88 Å². The highest BCUT2D eigenvalue weighted by Crippen LogP contribution is 2.49. The van der Waals surface area contributed by atoms with Crippen LogP contribution >= 0.6 is 0 Å². The van der Waals surface area contributed by atoms with Gasteiger partial charge >= 0.3 is 0 Å². The first-order valence-electron chi connectivity index (χ1n) is 15.7. The molecule has 0 bridgehead atoms. The van der Waals surface area contributed by atoms with E-state index in [4.69, 9.17) is 9.72 Å². The first-order chi connectivity index (χ1) is 21.8. The number of hydrogen-bond donors (Lipinski definition) is 1. The molecule has 1 N–H and O–H groups in total. The number of aromatic nitrogens is 1. The van der Waals surface area contributed by atoms with Gasteiger partial charge in [0.05, 0.1) is 12.6 Å². The van der Waals surface area contributed by atoms with E-state index in [-0.39, 0.29) is 5.91 Å².